The van der Waals surface area contributed by atoms with Gasteiger partial charge < -0.3 is 15.8 Å². The third kappa shape index (κ3) is 6.94. The molecule has 3 aromatic rings. The van der Waals surface area contributed by atoms with Gasteiger partial charge in [-0.25, -0.2) is 14.3 Å². The van der Waals surface area contributed by atoms with E-state index in [1.54, 1.807) is 49.7 Å². The van der Waals surface area contributed by atoms with E-state index in [1.807, 2.05) is 39.0 Å². The van der Waals surface area contributed by atoms with Crippen molar-refractivity contribution < 1.29 is 19.1 Å². The highest BCUT2D eigenvalue weighted by molar-refractivity contribution is 6.44. The molecule has 0 bridgehead atoms. The Morgan fingerprint density at radius 2 is 1.71 bits per heavy atom. The molecule has 0 spiro atoms. The molecule has 0 saturated heterocycles. The Bertz CT molecular complexity index is 1510. The molecule has 10 nitrogen and oxygen atoms in total. The third-order valence-corrected chi connectivity index (χ3v) is 7.26. The highest BCUT2D eigenvalue weighted by atomic mass is 35.5. The van der Waals surface area contributed by atoms with Crippen LogP contribution in [0.2, 0.25) is 10.0 Å². The highest BCUT2D eigenvalue weighted by Gasteiger charge is 2.36. The van der Waals surface area contributed by atoms with Gasteiger partial charge in [0.1, 0.15) is 17.5 Å². The first-order valence-electron chi connectivity index (χ1n) is 13.1. The molecular weight excluding hydrogens is 567 g/mol. The Hall–Kier alpha value is -3.76. The van der Waals surface area contributed by atoms with Gasteiger partial charge in [0, 0.05) is 17.9 Å². The average Bonchev–Trinajstić information content (AvgIpc) is 3.28. The van der Waals surface area contributed by atoms with E-state index in [4.69, 9.17) is 38.8 Å². The van der Waals surface area contributed by atoms with E-state index >= 15 is 0 Å². The molecule has 4 rings (SSSR count). The zero-order valence-corrected chi connectivity index (χ0v) is 25.4. The molecule has 0 fully saturated rings. The fourth-order valence-corrected chi connectivity index (χ4v) is 4.72. The van der Waals surface area contributed by atoms with Crippen LogP contribution < -0.4 is 16.4 Å². The number of halogens is 2. The maximum absolute atomic E-state index is 13.0. The van der Waals surface area contributed by atoms with Crippen LogP contribution >= 0.6 is 23.2 Å². The molecule has 2 heterocycles. The molecule has 41 heavy (non-hydrogen) atoms. The number of rotatable bonds is 4. The number of nitrogens with zero attached hydrogens (tertiary/aromatic N) is 3. The molecule has 1 aromatic heterocycles. The highest BCUT2D eigenvalue weighted by Crippen LogP contribution is 2.32. The Balaban J connectivity index is 1.68. The van der Waals surface area contributed by atoms with Crippen molar-refractivity contribution in [3.63, 3.8) is 0 Å². The van der Waals surface area contributed by atoms with Crippen LogP contribution in [0.25, 0.3) is 5.69 Å². The predicted molar refractivity (Wildman–Crippen MR) is 160 cm³/mol. The molecule has 1 aliphatic rings. The first-order chi connectivity index (χ1) is 19.0. The summed E-state index contributed by atoms with van der Waals surface area (Å²) in [6.45, 7) is 11.5. The molecular formula is C29H34Cl2N6O4. The normalized spacial score (nSPS) is 15.2. The van der Waals surface area contributed by atoms with E-state index in [-0.39, 0.29) is 23.4 Å². The van der Waals surface area contributed by atoms with E-state index < -0.39 is 29.7 Å². The molecule has 12 heteroatoms. The molecule has 218 valence electrons. The zero-order chi connectivity index (χ0) is 30.3. The standard InChI is InChI=1S/C29H34Cl2N6O4/c1-28(2,3)22-14-23(34-26(39)33-20-9-7-8-19(30)24(20)31)37(35-22)18-11-10-16-13-21(25(32)38)36(15-17(16)12-18)27(40)41-29(4,5)6/h7-12,14,21H,13,15H2,1-6H3,(H2,32,38)(H2,33,34,39). The molecule has 0 radical (unpaired) electrons. The van der Waals surface area contributed by atoms with Gasteiger partial charge in [0.2, 0.25) is 5.91 Å². The quantitative estimate of drug-likeness (QED) is 0.325. The van der Waals surface area contributed by atoms with Crippen molar-refractivity contribution >= 4 is 52.7 Å². The van der Waals surface area contributed by atoms with Crippen LogP contribution in [0.15, 0.2) is 42.5 Å². The number of aromatic nitrogens is 2. The summed E-state index contributed by atoms with van der Waals surface area (Å²) < 4.78 is 7.17. The van der Waals surface area contributed by atoms with Gasteiger partial charge >= 0.3 is 12.1 Å². The molecule has 0 saturated carbocycles. The number of urea groups is 1. The summed E-state index contributed by atoms with van der Waals surface area (Å²) in [5, 5.41) is 10.9. The number of nitrogens with two attached hydrogens (primary N) is 1. The molecule has 1 unspecified atom stereocenters. The maximum Gasteiger partial charge on any atom is 0.411 e. The molecule has 2 aromatic carbocycles. The molecule has 4 amide bonds. The van der Waals surface area contributed by atoms with Gasteiger partial charge in [-0.15, -0.1) is 0 Å². The van der Waals surface area contributed by atoms with Crippen molar-refractivity contribution in [1.82, 2.24) is 14.7 Å². The number of fused-ring (bicyclic) bond motifs is 1. The molecule has 4 N–H and O–H groups in total. The summed E-state index contributed by atoms with van der Waals surface area (Å²) in [4.78, 5) is 39.6. The number of anilines is 2. The molecule has 1 aliphatic heterocycles. The topological polar surface area (TPSA) is 132 Å². The van der Waals surface area contributed by atoms with Gasteiger partial charge in [-0.2, -0.15) is 5.10 Å². The van der Waals surface area contributed by atoms with Gasteiger partial charge in [0.25, 0.3) is 0 Å². The van der Waals surface area contributed by atoms with Crippen LogP contribution in [0.3, 0.4) is 0 Å². The number of carbonyl (C=O) groups is 3. The van der Waals surface area contributed by atoms with E-state index in [0.29, 0.717) is 22.2 Å². The SMILES string of the molecule is CC(C)(C)OC(=O)N1Cc2cc(-n3nc(C(C)(C)C)cc3NC(=O)Nc3cccc(Cl)c3Cl)ccc2CC1C(N)=O. The van der Waals surface area contributed by atoms with Crippen LogP contribution in [-0.2, 0) is 27.9 Å². The first kappa shape index (κ1) is 30.2. The second kappa shape index (κ2) is 11.3. The summed E-state index contributed by atoms with van der Waals surface area (Å²) in [6.07, 6.45) is -0.366. The smallest absolute Gasteiger partial charge is 0.411 e. The van der Waals surface area contributed by atoms with Crippen LogP contribution in [0.1, 0.15) is 58.4 Å². The lowest BCUT2D eigenvalue weighted by molar-refractivity contribution is -0.123. The first-order valence-corrected chi connectivity index (χ1v) is 13.8. The number of ether oxygens (including phenoxy) is 1. The minimum Gasteiger partial charge on any atom is -0.444 e. The fraction of sp³-hybridized carbons (Fsp3) is 0.379. The number of nitrogens with one attached hydrogen (secondary N) is 2. The minimum absolute atomic E-state index is 0.121. The summed E-state index contributed by atoms with van der Waals surface area (Å²) >= 11 is 12.3. The Kier molecular flexibility index (Phi) is 8.29. The average molecular weight is 602 g/mol. The fourth-order valence-electron chi connectivity index (χ4n) is 4.37. The maximum atomic E-state index is 13.0. The Morgan fingerprint density at radius 1 is 1.00 bits per heavy atom. The van der Waals surface area contributed by atoms with Crippen LogP contribution in [0, 0.1) is 0 Å². The Morgan fingerprint density at radius 3 is 2.34 bits per heavy atom. The number of carbonyl (C=O) groups excluding carboxylic acids is 3. The third-order valence-electron chi connectivity index (χ3n) is 6.44. The lowest BCUT2D eigenvalue weighted by Gasteiger charge is -2.36. The van der Waals surface area contributed by atoms with Crippen LogP contribution in [-0.4, -0.2) is 44.4 Å². The second-order valence-corrected chi connectivity index (χ2v) is 12.7. The van der Waals surface area contributed by atoms with Gasteiger partial charge in [0.05, 0.1) is 33.7 Å². The molecule has 0 aliphatic carbocycles. The van der Waals surface area contributed by atoms with Gasteiger partial charge in [0.15, 0.2) is 0 Å². The van der Waals surface area contributed by atoms with E-state index in [0.717, 1.165) is 16.8 Å². The lowest BCUT2D eigenvalue weighted by Crippen LogP contribution is -2.52. The van der Waals surface area contributed by atoms with Crippen molar-refractivity contribution in [1.29, 1.82) is 0 Å². The summed E-state index contributed by atoms with van der Waals surface area (Å²) in [5.74, 6) is -0.190. The van der Waals surface area contributed by atoms with Crippen molar-refractivity contribution in [2.75, 3.05) is 10.6 Å². The largest absolute Gasteiger partial charge is 0.444 e. The number of hydrogen-bond acceptors (Lipinski definition) is 5. The lowest BCUT2D eigenvalue weighted by atomic mass is 9.92. The zero-order valence-electron chi connectivity index (χ0n) is 23.8. The summed E-state index contributed by atoms with van der Waals surface area (Å²) in [5.41, 5.74) is 8.04. The Labute approximate surface area is 249 Å². The second-order valence-electron chi connectivity index (χ2n) is 11.9. The van der Waals surface area contributed by atoms with Crippen molar-refractivity contribution in [2.24, 2.45) is 5.73 Å². The number of benzene rings is 2. The van der Waals surface area contributed by atoms with E-state index in [9.17, 15) is 14.4 Å². The number of amides is 4. The van der Waals surface area contributed by atoms with Crippen molar-refractivity contribution in [2.45, 2.75) is 71.6 Å². The van der Waals surface area contributed by atoms with Gasteiger partial charge in [-0.1, -0.05) is 56.1 Å². The molecule has 1 atom stereocenters. The van der Waals surface area contributed by atoms with Crippen molar-refractivity contribution in [3.05, 3.63) is 69.3 Å². The van der Waals surface area contributed by atoms with Gasteiger partial charge in [-0.3, -0.25) is 15.0 Å². The van der Waals surface area contributed by atoms with Crippen LogP contribution in [0.4, 0.5) is 21.1 Å². The van der Waals surface area contributed by atoms with Crippen molar-refractivity contribution in [3.8, 4) is 5.69 Å². The summed E-state index contributed by atoms with van der Waals surface area (Å²) in [6, 6.07) is 11.0. The monoisotopic (exact) mass is 600 g/mol. The number of primary amides is 1. The van der Waals surface area contributed by atoms with Gasteiger partial charge in [-0.05, 0) is 56.2 Å². The predicted octanol–water partition coefficient (Wildman–Crippen LogP) is 6.27. The van der Waals surface area contributed by atoms with Crippen LogP contribution in [0.5, 0.6) is 0 Å². The number of hydrogen-bond donors (Lipinski definition) is 3. The van der Waals surface area contributed by atoms with E-state index in [2.05, 4.69) is 10.6 Å². The van der Waals surface area contributed by atoms with E-state index in [1.165, 1.54) is 4.90 Å². The summed E-state index contributed by atoms with van der Waals surface area (Å²) in [7, 11) is 0. The minimum atomic E-state index is -0.834.